The van der Waals surface area contributed by atoms with Gasteiger partial charge in [0, 0.05) is 19.2 Å². The van der Waals surface area contributed by atoms with Gasteiger partial charge in [-0.2, -0.15) is 0 Å². The van der Waals surface area contributed by atoms with E-state index in [9.17, 15) is 9.90 Å². The van der Waals surface area contributed by atoms with E-state index in [2.05, 4.69) is 5.32 Å². The van der Waals surface area contributed by atoms with Gasteiger partial charge in [0.15, 0.2) is 0 Å². The summed E-state index contributed by atoms with van der Waals surface area (Å²) in [4.78, 5) is 10.8. The van der Waals surface area contributed by atoms with Gasteiger partial charge in [0.05, 0.1) is 0 Å². The Morgan fingerprint density at radius 3 is 2.62 bits per heavy atom. The lowest BCUT2D eigenvalue weighted by atomic mass is 10.3. The van der Waals surface area contributed by atoms with E-state index in [1.807, 2.05) is 0 Å². The van der Waals surface area contributed by atoms with Crippen LogP contribution in [0.3, 0.4) is 0 Å². The molecule has 0 aliphatic rings. The Morgan fingerprint density at radius 2 is 2.12 bits per heavy atom. The van der Waals surface area contributed by atoms with Gasteiger partial charge < -0.3 is 20.9 Å². The van der Waals surface area contributed by atoms with E-state index in [-0.39, 0.29) is 19.1 Å². The molecule has 1 unspecified atom stereocenters. The number of nitrogens with two attached hydrogens (primary N) is 1. The van der Waals surface area contributed by atoms with E-state index in [0.717, 1.165) is 0 Å². The van der Waals surface area contributed by atoms with Crippen molar-refractivity contribution in [3.05, 3.63) is 24.3 Å². The zero-order chi connectivity index (χ0) is 12.0. The lowest BCUT2D eigenvalue weighted by Crippen LogP contribution is -2.26. The van der Waals surface area contributed by atoms with Crippen molar-refractivity contribution in [2.75, 3.05) is 18.5 Å². The molecule has 0 aromatic heterocycles. The number of nitrogens with one attached hydrogen (secondary N) is 1. The molecule has 0 saturated heterocycles. The van der Waals surface area contributed by atoms with Crippen molar-refractivity contribution < 1.29 is 14.6 Å². The molecule has 4 N–H and O–H groups in total. The van der Waals surface area contributed by atoms with Crippen molar-refractivity contribution in [1.82, 2.24) is 0 Å². The normalized spacial score (nSPS) is 11.9. The highest BCUT2D eigenvalue weighted by Crippen LogP contribution is 2.15. The van der Waals surface area contributed by atoms with Gasteiger partial charge in [-0.25, -0.2) is 0 Å². The minimum Gasteiger partial charge on any atom is -0.491 e. The second-order valence-corrected chi connectivity index (χ2v) is 3.41. The van der Waals surface area contributed by atoms with Gasteiger partial charge in [-0.1, -0.05) is 0 Å². The number of anilines is 1. The number of aliphatic hydroxyl groups excluding tert-OH is 1. The summed E-state index contributed by atoms with van der Waals surface area (Å²) >= 11 is 0. The maximum absolute atomic E-state index is 10.8. The van der Waals surface area contributed by atoms with Crippen LogP contribution in [0.2, 0.25) is 0 Å². The van der Waals surface area contributed by atoms with Crippen LogP contribution in [0.5, 0.6) is 5.75 Å². The first-order valence-electron chi connectivity index (χ1n) is 5.00. The van der Waals surface area contributed by atoms with E-state index in [1.54, 1.807) is 24.3 Å². The first-order chi connectivity index (χ1) is 7.61. The van der Waals surface area contributed by atoms with E-state index in [0.29, 0.717) is 11.4 Å². The lowest BCUT2D eigenvalue weighted by Gasteiger charge is -2.10. The first-order valence-corrected chi connectivity index (χ1v) is 5.00. The molecule has 0 fully saturated rings. The fourth-order valence-corrected chi connectivity index (χ4v) is 1.10. The van der Waals surface area contributed by atoms with E-state index in [1.165, 1.54) is 6.92 Å². The molecular weight excluding hydrogens is 208 g/mol. The van der Waals surface area contributed by atoms with Crippen LogP contribution in [0, 0.1) is 0 Å². The molecule has 0 bridgehead atoms. The van der Waals surface area contributed by atoms with Gasteiger partial charge >= 0.3 is 0 Å². The molecule has 0 aliphatic heterocycles. The summed E-state index contributed by atoms with van der Waals surface area (Å²) in [6, 6.07) is 6.89. The molecule has 5 heteroatoms. The highest BCUT2D eigenvalue weighted by molar-refractivity contribution is 5.88. The first kappa shape index (κ1) is 12.5. The van der Waals surface area contributed by atoms with Crippen LogP contribution in [0.4, 0.5) is 5.69 Å². The standard InChI is InChI=1S/C11H16N2O3/c1-8(14)13-9-2-4-11(5-3-9)16-7-10(15)6-12/h2-5,10,15H,6-7,12H2,1H3,(H,13,14). The van der Waals surface area contributed by atoms with Crippen LogP contribution in [-0.2, 0) is 4.79 Å². The Hall–Kier alpha value is -1.59. The molecule has 1 atom stereocenters. The van der Waals surface area contributed by atoms with Crippen molar-refractivity contribution >= 4 is 11.6 Å². The van der Waals surface area contributed by atoms with Crippen LogP contribution in [0.1, 0.15) is 6.92 Å². The second kappa shape index (κ2) is 6.09. The minimum absolute atomic E-state index is 0.118. The molecule has 1 aromatic rings. The van der Waals surface area contributed by atoms with Gasteiger partial charge in [0.2, 0.25) is 5.91 Å². The molecule has 0 heterocycles. The molecule has 5 nitrogen and oxygen atoms in total. The highest BCUT2D eigenvalue weighted by atomic mass is 16.5. The van der Waals surface area contributed by atoms with Gasteiger partial charge in [-0.3, -0.25) is 4.79 Å². The monoisotopic (exact) mass is 224 g/mol. The molecule has 88 valence electrons. The van der Waals surface area contributed by atoms with Gasteiger partial charge in [0.1, 0.15) is 18.5 Å². The number of rotatable bonds is 5. The number of hydrogen-bond acceptors (Lipinski definition) is 4. The molecule has 0 aliphatic carbocycles. The van der Waals surface area contributed by atoms with E-state index >= 15 is 0 Å². The predicted octanol–water partition coefficient (Wildman–Crippen LogP) is 0.343. The molecular formula is C11H16N2O3. The SMILES string of the molecule is CC(=O)Nc1ccc(OCC(O)CN)cc1. The number of carbonyl (C=O) groups is 1. The maximum Gasteiger partial charge on any atom is 0.221 e. The van der Waals surface area contributed by atoms with Crippen molar-refractivity contribution in [2.24, 2.45) is 5.73 Å². The topological polar surface area (TPSA) is 84.6 Å². The third-order valence-electron chi connectivity index (χ3n) is 1.89. The van der Waals surface area contributed by atoms with Gasteiger partial charge in [-0.05, 0) is 24.3 Å². The summed E-state index contributed by atoms with van der Waals surface area (Å²) in [5.41, 5.74) is 5.95. The average molecular weight is 224 g/mol. The molecule has 1 amide bonds. The fraction of sp³-hybridized carbons (Fsp3) is 0.364. The smallest absolute Gasteiger partial charge is 0.221 e. The summed E-state index contributed by atoms with van der Waals surface area (Å²) in [6.45, 7) is 1.78. The maximum atomic E-state index is 10.8. The lowest BCUT2D eigenvalue weighted by molar-refractivity contribution is -0.114. The Kier molecular flexibility index (Phi) is 4.75. The van der Waals surface area contributed by atoms with Crippen LogP contribution >= 0.6 is 0 Å². The number of ether oxygens (including phenoxy) is 1. The van der Waals surface area contributed by atoms with Crippen LogP contribution in [0.15, 0.2) is 24.3 Å². The van der Waals surface area contributed by atoms with Crippen molar-refractivity contribution in [3.8, 4) is 5.75 Å². The van der Waals surface area contributed by atoms with E-state index in [4.69, 9.17) is 10.5 Å². The number of benzene rings is 1. The predicted molar refractivity (Wildman–Crippen MR) is 61.3 cm³/mol. The largest absolute Gasteiger partial charge is 0.491 e. The third-order valence-corrected chi connectivity index (χ3v) is 1.89. The number of amides is 1. The molecule has 0 spiro atoms. The van der Waals surface area contributed by atoms with Crippen molar-refractivity contribution in [2.45, 2.75) is 13.0 Å². The molecule has 0 radical (unpaired) electrons. The Bertz CT molecular complexity index is 338. The average Bonchev–Trinajstić information content (AvgIpc) is 2.27. The van der Waals surface area contributed by atoms with Gasteiger partial charge in [0.25, 0.3) is 0 Å². The zero-order valence-corrected chi connectivity index (χ0v) is 9.14. The van der Waals surface area contributed by atoms with Crippen molar-refractivity contribution in [3.63, 3.8) is 0 Å². The third kappa shape index (κ3) is 4.29. The summed E-state index contributed by atoms with van der Waals surface area (Å²) < 4.78 is 5.28. The summed E-state index contributed by atoms with van der Waals surface area (Å²) in [5, 5.41) is 11.8. The summed E-state index contributed by atoms with van der Waals surface area (Å²) in [5.74, 6) is 0.508. The Balaban J connectivity index is 2.48. The zero-order valence-electron chi connectivity index (χ0n) is 9.14. The van der Waals surface area contributed by atoms with Crippen molar-refractivity contribution in [1.29, 1.82) is 0 Å². The van der Waals surface area contributed by atoms with E-state index < -0.39 is 6.10 Å². The van der Waals surface area contributed by atoms with Crippen LogP contribution in [-0.4, -0.2) is 30.3 Å². The molecule has 1 aromatic carbocycles. The second-order valence-electron chi connectivity index (χ2n) is 3.41. The summed E-state index contributed by atoms with van der Waals surface area (Å²) in [7, 11) is 0. The molecule has 16 heavy (non-hydrogen) atoms. The quantitative estimate of drug-likeness (QED) is 0.673. The van der Waals surface area contributed by atoms with Crippen LogP contribution in [0.25, 0.3) is 0 Å². The number of hydrogen-bond donors (Lipinski definition) is 3. The van der Waals surface area contributed by atoms with Crippen LogP contribution < -0.4 is 15.8 Å². The Labute approximate surface area is 94.2 Å². The van der Waals surface area contributed by atoms with Gasteiger partial charge in [-0.15, -0.1) is 0 Å². The number of carbonyl (C=O) groups excluding carboxylic acids is 1. The minimum atomic E-state index is -0.657. The fourth-order valence-electron chi connectivity index (χ4n) is 1.10. The number of aliphatic hydroxyl groups is 1. The Morgan fingerprint density at radius 1 is 1.50 bits per heavy atom. The molecule has 0 saturated carbocycles. The summed E-state index contributed by atoms with van der Waals surface area (Å²) in [6.07, 6.45) is -0.657. The highest BCUT2D eigenvalue weighted by Gasteiger charge is 2.02. The molecule has 1 rings (SSSR count).